The molecule has 1 aromatic carbocycles. The Labute approximate surface area is 175 Å². The lowest BCUT2D eigenvalue weighted by Crippen LogP contribution is -2.52. The highest BCUT2D eigenvalue weighted by Gasteiger charge is 2.39. The molecule has 0 aromatic heterocycles. The average Bonchev–Trinajstić information content (AvgIpc) is 3.04. The van der Waals surface area contributed by atoms with E-state index in [9.17, 15) is 19.2 Å². The SMILES string of the molecule is CC1CCC(NC(=O)NCc2ccc3c(c2)CN(C2CCC(=O)NC2=O)C3=O)CC1. The maximum Gasteiger partial charge on any atom is 0.315 e. The summed E-state index contributed by atoms with van der Waals surface area (Å²) in [5.41, 5.74) is 2.31. The third-order valence-corrected chi connectivity index (χ3v) is 6.39. The predicted octanol–water partition coefficient (Wildman–Crippen LogP) is 1.83. The van der Waals surface area contributed by atoms with Crippen LogP contribution in [0, 0.1) is 5.92 Å². The van der Waals surface area contributed by atoms with Gasteiger partial charge in [-0.25, -0.2) is 4.79 Å². The second-order valence-electron chi connectivity index (χ2n) is 8.68. The van der Waals surface area contributed by atoms with Gasteiger partial charge in [-0.05, 0) is 55.2 Å². The van der Waals surface area contributed by atoms with Crippen LogP contribution in [0.1, 0.15) is 66.9 Å². The number of rotatable bonds is 4. The Bertz CT molecular complexity index is 876. The standard InChI is InChI=1S/C22H28N4O4/c1-13-2-5-16(6-3-13)24-22(30)23-11-14-4-7-17-15(10-14)12-26(21(17)29)18-8-9-19(27)25-20(18)28/h4,7,10,13,16,18H,2-3,5-6,8-9,11-12H2,1H3,(H2,23,24,30)(H,25,27,28). The van der Waals surface area contributed by atoms with Gasteiger partial charge in [-0.1, -0.05) is 19.1 Å². The van der Waals surface area contributed by atoms with Gasteiger partial charge in [0.15, 0.2) is 0 Å². The Hall–Kier alpha value is -2.90. The summed E-state index contributed by atoms with van der Waals surface area (Å²) in [6, 6.07) is 4.93. The summed E-state index contributed by atoms with van der Waals surface area (Å²) >= 11 is 0. The smallest absolute Gasteiger partial charge is 0.315 e. The van der Waals surface area contributed by atoms with Crippen LogP contribution in [0.5, 0.6) is 0 Å². The number of nitrogens with one attached hydrogen (secondary N) is 3. The second-order valence-corrected chi connectivity index (χ2v) is 8.68. The number of fused-ring (bicyclic) bond motifs is 1. The number of carbonyl (C=O) groups is 4. The van der Waals surface area contributed by atoms with Crippen LogP contribution in [-0.4, -0.2) is 40.7 Å². The van der Waals surface area contributed by atoms with E-state index in [0.717, 1.165) is 42.7 Å². The molecule has 8 nitrogen and oxygen atoms in total. The number of nitrogens with zero attached hydrogens (tertiary/aromatic N) is 1. The number of urea groups is 1. The summed E-state index contributed by atoms with van der Waals surface area (Å²) in [5.74, 6) is -0.166. The largest absolute Gasteiger partial charge is 0.335 e. The van der Waals surface area contributed by atoms with Crippen molar-refractivity contribution in [1.29, 1.82) is 0 Å². The molecule has 1 saturated carbocycles. The van der Waals surface area contributed by atoms with Gasteiger partial charge < -0.3 is 15.5 Å². The fourth-order valence-corrected chi connectivity index (χ4v) is 4.56. The first kappa shape index (κ1) is 20.4. The van der Waals surface area contributed by atoms with Crippen LogP contribution in [0.15, 0.2) is 18.2 Å². The van der Waals surface area contributed by atoms with Gasteiger partial charge in [0.05, 0.1) is 0 Å². The van der Waals surface area contributed by atoms with Gasteiger partial charge in [-0.15, -0.1) is 0 Å². The first-order chi connectivity index (χ1) is 14.4. The van der Waals surface area contributed by atoms with Crippen LogP contribution in [0.4, 0.5) is 4.79 Å². The Morgan fingerprint density at radius 2 is 1.90 bits per heavy atom. The van der Waals surface area contributed by atoms with Crippen LogP contribution in [0.2, 0.25) is 0 Å². The van der Waals surface area contributed by atoms with Gasteiger partial charge in [-0.3, -0.25) is 19.7 Å². The molecule has 30 heavy (non-hydrogen) atoms. The van der Waals surface area contributed by atoms with Gasteiger partial charge in [0.1, 0.15) is 6.04 Å². The molecular weight excluding hydrogens is 384 g/mol. The van der Waals surface area contributed by atoms with E-state index in [1.807, 2.05) is 12.1 Å². The van der Waals surface area contributed by atoms with Crippen molar-refractivity contribution in [3.8, 4) is 0 Å². The fraction of sp³-hybridized carbons (Fsp3) is 0.545. The highest BCUT2D eigenvalue weighted by Crippen LogP contribution is 2.28. The minimum absolute atomic E-state index is 0.170. The molecule has 1 saturated heterocycles. The van der Waals surface area contributed by atoms with Crippen LogP contribution in [0.25, 0.3) is 0 Å². The molecular formula is C22H28N4O4. The number of benzene rings is 1. The summed E-state index contributed by atoms with van der Waals surface area (Å²) in [4.78, 5) is 50.0. The molecule has 0 radical (unpaired) electrons. The minimum Gasteiger partial charge on any atom is -0.335 e. The molecule has 5 amide bonds. The fourth-order valence-electron chi connectivity index (χ4n) is 4.56. The van der Waals surface area contributed by atoms with E-state index >= 15 is 0 Å². The average molecular weight is 412 g/mol. The highest BCUT2D eigenvalue weighted by molar-refractivity contribution is 6.05. The monoisotopic (exact) mass is 412 g/mol. The summed E-state index contributed by atoms with van der Waals surface area (Å²) < 4.78 is 0. The Morgan fingerprint density at radius 3 is 2.63 bits per heavy atom. The molecule has 8 heteroatoms. The van der Waals surface area contributed by atoms with Crippen LogP contribution in [0.3, 0.4) is 0 Å². The molecule has 0 spiro atoms. The maximum atomic E-state index is 12.7. The van der Waals surface area contributed by atoms with Crippen LogP contribution >= 0.6 is 0 Å². The molecule has 3 aliphatic rings. The summed E-state index contributed by atoms with van der Waals surface area (Å²) in [6.45, 7) is 2.95. The topological polar surface area (TPSA) is 108 Å². The number of piperidine rings is 1. The second kappa shape index (κ2) is 8.45. The molecule has 2 aliphatic heterocycles. The van der Waals surface area contributed by atoms with Crippen LogP contribution < -0.4 is 16.0 Å². The number of amides is 5. The lowest BCUT2D eigenvalue weighted by Gasteiger charge is -2.29. The third kappa shape index (κ3) is 4.32. The van der Waals surface area contributed by atoms with E-state index in [2.05, 4.69) is 22.9 Å². The molecule has 160 valence electrons. The van der Waals surface area contributed by atoms with Crippen molar-refractivity contribution < 1.29 is 19.2 Å². The molecule has 2 heterocycles. The molecule has 2 fully saturated rings. The lowest BCUT2D eigenvalue weighted by molar-refractivity contribution is -0.136. The zero-order valence-corrected chi connectivity index (χ0v) is 17.2. The van der Waals surface area contributed by atoms with Gasteiger partial charge in [0.25, 0.3) is 5.91 Å². The van der Waals surface area contributed by atoms with E-state index in [1.54, 1.807) is 6.07 Å². The molecule has 3 N–H and O–H groups in total. The Morgan fingerprint density at radius 1 is 1.13 bits per heavy atom. The molecule has 1 atom stereocenters. The van der Waals surface area contributed by atoms with Crippen molar-refractivity contribution in [1.82, 2.24) is 20.9 Å². The lowest BCUT2D eigenvalue weighted by atomic mass is 9.87. The first-order valence-corrected chi connectivity index (χ1v) is 10.7. The van der Waals surface area contributed by atoms with E-state index < -0.39 is 11.9 Å². The van der Waals surface area contributed by atoms with E-state index in [1.165, 1.54) is 4.90 Å². The molecule has 4 rings (SSSR count). The van der Waals surface area contributed by atoms with E-state index in [-0.39, 0.29) is 30.3 Å². The number of hydrogen-bond donors (Lipinski definition) is 3. The zero-order valence-electron chi connectivity index (χ0n) is 17.2. The van der Waals surface area contributed by atoms with E-state index in [0.29, 0.717) is 25.1 Å². The molecule has 1 aromatic rings. The maximum absolute atomic E-state index is 12.7. The van der Waals surface area contributed by atoms with Crippen molar-refractivity contribution in [2.24, 2.45) is 5.92 Å². The van der Waals surface area contributed by atoms with Gasteiger partial charge in [0.2, 0.25) is 11.8 Å². The normalized spacial score (nSPS) is 26.2. The Kier molecular flexibility index (Phi) is 5.74. The number of imide groups is 1. The van der Waals surface area contributed by atoms with Crippen LogP contribution in [-0.2, 0) is 22.7 Å². The predicted molar refractivity (Wildman–Crippen MR) is 109 cm³/mol. The van der Waals surface area contributed by atoms with Crippen molar-refractivity contribution in [3.63, 3.8) is 0 Å². The minimum atomic E-state index is -0.617. The third-order valence-electron chi connectivity index (χ3n) is 6.39. The number of carbonyl (C=O) groups excluding carboxylic acids is 4. The summed E-state index contributed by atoms with van der Waals surface area (Å²) in [5, 5.41) is 8.25. The Balaban J connectivity index is 1.33. The molecule has 1 aliphatic carbocycles. The van der Waals surface area contributed by atoms with Gasteiger partial charge in [0, 0.05) is 31.1 Å². The quantitative estimate of drug-likeness (QED) is 0.656. The molecule has 1 unspecified atom stereocenters. The van der Waals surface area contributed by atoms with Crippen molar-refractivity contribution >= 4 is 23.8 Å². The van der Waals surface area contributed by atoms with Crippen molar-refractivity contribution in [2.75, 3.05) is 0 Å². The van der Waals surface area contributed by atoms with Crippen molar-refractivity contribution in [3.05, 3.63) is 34.9 Å². The number of hydrogen-bond acceptors (Lipinski definition) is 4. The summed E-state index contributed by atoms with van der Waals surface area (Å²) in [7, 11) is 0. The molecule has 0 bridgehead atoms. The zero-order chi connectivity index (χ0) is 21.3. The van der Waals surface area contributed by atoms with Crippen molar-refractivity contribution in [2.45, 2.75) is 70.6 Å². The van der Waals surface area contributed by atoms with Gasteiger partial charge in [-0.2, -0.15) is 0 Å². The summed E-state index contributed by atoms with van der Waals surface area (Å²) in [6.07, 6.45) is 4.91. The highest BCUT2D eigenvalue weighted by atomic mass is 16.2. The van der Waals surface area contributed by atoms with E-state index in [4.69, 9.17) is 0 Å². The first-order valence-electron chi connectivity index (χ1n) is 10.7. The van der Waals surface area contributed by atoms with Gasteiger partial charge >= 0.3 is 6.03 Å².